The molecular formula is C11H21N3. The molecule has 0 unspecified atom stereocenters. The molecule has 0 saturated carbocycles. The lowest BCUT2D eigenvalue weighted by atomic mass is 10.2. The van der Waals surface area contributed by atoms with E-state index in [1.807, 2.05) is 19.6 Å². The van der Waals surface area contributed by atoms with Crippen LogP contribution in [0, 0.1) is 0 Å². The lowest BCUT2D eigenvalue weighted by Crippen LogP contribution is -2.08. The lowest BCUT2D eigenvalue weighted by molar-refractivity contribution is 0.614. The summed E-state index contributed by atoms with van der Waals surface area (Å²) in [5.41, 5.74) is 1.38. The first-order valence-electron chi connectivity index (χ1n) is 5.52. The Kier molecular flexibility index (Phi) is 5.30. The number of aromatic nitrogens is 2. The van der Waals surface area contributed by atoms with Crippen molar-refractivity contribution in [2.24, 2.45) is 0 Å². The molecule has 1 aromatic rings. The predicted molar refractivity (Wildman–Crippen MR) is 59.4 cm³/mol. The Balaban J connectivity index is 2.30. The Bertz CT molecular complexity index is 242. The molecule has 1 aromatic heterocycles. The van der Waals surface area contributed by atoms with Crippen LogP contribution < -0.4 is 5.32 Å². The first-order valence-corrected chi connectivity index (χ1v) is 5.52. The molecule has 3 heteroatoms. The summed E-state index contributed by atoms with van der Waals surface area (Å²) >= 11 is 0. The summed E-state index contributed by atoms with van der Waals surface area (Å²) in [7, 11) is 2.00. The van der Waals surface area contributed by atoms with Crippen molar-refractivity contribution in [3.63, 3.8) is 0 Å². The third-order valence-corrected chi connectivity index (χ3v) is 2.37. The molecule has 0 radical (unpaired) electrons. The normalized spacial score (nSPS) is 10.7. The molecule has 14 heavy (non-hydrogen) atoms. The van der Waals surface area contributed by atoms with Crippen molar-refractivity contribution in [2.75, 3.05) is 13.6 Å². The van der Waals surface area contributed by atoms with Gasteiger partial charge in [-0.15, -0.1) is 0 Å². The third kappa shape index (κ3) is 3.50. The van der Waals surface area contributed by atoms with Gasteiger partial charge in [0.25, 0.3) is 0 Å². The van der Waals surface area contributed by atoms with Gasteiger partial charge in [-0.2, -0.15) is 0 Å². The molecule has 0 aromatic carbocycles. The van der Waals surface area contributed by atoms with Gasteiger partial charge in [0, 0.05) is 18.4 Å². The topological polar surface area (TPSA) is 29.9 Å². The number of aryl methyl sites for hydroxylation is 2. The molecule has 1 N–H and O–H groups in total. The second-order valence-electron chi connectivity index (χ2n) is 3.64. The smallest absolute Gasteiger partial charge is 0.0948 e. The zero-order valence-electron chi connectivity index (χ0n) is 9.29. The number of unbranched alkanes of at least 4 members (excludes halogenated alkanes) is 1. The van der Waals surface area contributed by atoms with E-state index >= 15 is 0 Å². The molecule has 0 aliphatic heterocycles. The van der Waals surface area contributed by atoms with Gasteiger partial charge in [-0.25, -0.2) is 4.98 Å². The van der Waals surface area contributed by atoms with Crippen molar-refractivity contribution in [2.45, 2.75) is 39.2 Å². The highest BCUT2D eigenvalue weighted by molar-refractivity contribution is 4.98. The van der Waals surface area contributed by atoms with Crippen molar-refractivity contribution in [1.82, 2.24) is 14.9 Å². The highest BCUT2D eigenvalue weighted by Gasteiger charge is 2.00. The molecule has 0 fully saturated rings. The fourth-order valence-corrected chi connectivity index (χ4v) is 1.61. The van der Waals surface area contributed by atoms with Crippen LogP contribution >= 0.6 is 0 Å². The van der Waals surface area contributed by atoms with Crippen LogP contribution in [0.3, 0.4) is 0 Å². The van der Waals surface area contributed by atoms with Gasteiger partial charge < -0.3 is 9.88 Å². The van der Waals surface area contributed by atoms with Crippen LogP contribution in [0.5, 0.6) is 0 Å². The lowest BCUT2D eigenvalue weighted by Gasteiger charge is -2.05. The van der Waals surface area contributed by atoms with E-state index in [1.54, 1.807) is 0 Å². The van der Waals surface area contributed by atoms with E-state index in [4.69, 9.17) is 0 Å². The third-order valence-electron chi connectivity index (χ3n) is 2.37. The number of hydrogen-bond acceptors (Lipinski definition) is 2. The summed E-state index contributed by atoms with van der Waals surface area (Å²) < 4.78 is 2.26. The molecule has 0 spiro atoms. The van der Waals surface area contributed by atoms with Gasteiger partial charge in [0.15, 0.2) is 0 Å². The van der Waals surface area contributed by atoms with Crippen molar-refractivity contribution in [3.05, 3.63) is 18.2 Å². The molecule has 0 aliphatic rings. The minimum absolute atomic E-state index is 1.10. The van der Waals surface area contributed by atoms with Gasteiger partial charge in [-0.1, -0.05) is 6.92 Å². The standard InChI is InChI=1S/C11H21N3/c1-3-8-14-10-13-9-11(14)6-4-5-7-12-2/h9-10,12H,3-8H2,1-2H3. The van der Waals surface area contributed by atoms with Crippen LogP contribution in [0.2, 0.25) is 0 Å². The van der Waals surface area contributed by atoms with Gasteiger partial charge in [-0.3, -0.25) is 0 Å². The second kappa shape index (κ2) is 6.60. The Hall–Kier alpha value is -0.830. The number of nitrogens with zero attached hydrogens (tertiary/aromatic N) is 2. The maximum Gasteiger partial charge on any atom is 0.0948 e. The maximum absolute atomic E-state index is 4.19. The number of rotatable bonds is 7. The molecule has 0 saturated heterocycles. The number of imidazole rings is 1. The zero-order chi connectivity index (χ0) is 10.2. The van der Waals surface area contributed by atoms with Crippen molar-refractivity contribution >= 4 is 0 Å². The van der Waals surface area contributed by atoms with Crippen LogP contribution in [0.4, 0.5) is 0 Å². The van der Waals surface area contributed by atoms with Crippen LogP contribution in [0.25, 0.3) is 0 Å². The summed E-state index contributed by atoms with van der Waals surface area (Å²) in [6.45, 7) is 4.41. The fraction of sp³-hybridized carbons (Fsp3) is 0.727. The van der Waals surface area contributed by atoms with E-state index in [0.717, 1.165) is 19.5 Å². The summed E-state index contributed by atoms with van der Waals surface area (Å²) in [6.07, 6.45) is 8.76. The maximum atomic E-state index is 4.19. The van der Waals surface area contributed by atoms with E-state index in [-0.39, 0.29) is 0 Å². The van der Waals surface area contributed by atoms with E-state index in [1.165, 1.54) is 25.0 Å². The molecule has 0 amide bonds. The Labute approximate surface area is 86.5 Å². The molecular weight excluding hydrogens is 174 g/mol. The molecule has 0 atom stereocenters. The van der Waals surface area contributed by atoms with Gasteiger partial charge in [-0.05, 0) is 39.3 Å². The Morgan fingerprint density at radius 3 is 3.00 bits per heavy atom. The van der Waals surface area contributed by atoms with Crippen LogP contribution in [-0.2, 0) is 13.0 Å². The Morgan fingerprint density at radius 2 is 2.29 bits per heavy atom. The molecule has 0 bridgehead atoms. The monoisotopic (exact) mass is 195 g/mol. The van der Waals surface area contributed by atoms with Gasteiger partial charge in [0.05, 0.1) is 6.33 Å². The zero-order valence-corrected chi connectivity index (χ0v) is 9.29. The molecule has 3 nitrogen and oxygen atoms in total. The van der Waals surface area contributed by atoms with E-state index in [2.05, 4.69) is 21.8 Å². The summed E-state index contributed by atoms with van der Waals surface area (Å²) in [4.78, 5) is 4.19. The SMILES string of the molecule is CCCn1cncc1CCCCNC. The van der Waals surface area contributed by atoms with Crippen LogP contribution in [-0.4, -0.2) is 23.1 Å². The minimum atomic E-state index is 1.10. The summed E-state index contributed by atoms with van der Waals surface area (Å²) in [5.74, 6) is 0. The molecule has 80 valence electrons. The van der Waals surface area contributed by atoms with E-state index in [0.29, 0.717) is 0 Å². The minimum Gasteiger partial charge on any atom is -0.335 e. The van der Waals surface area contributed by atoms with E-state index < -0.39 is 0 Å². The van der Waals surface area contributed by atoms with E-state index in [9.17, 15) is 0 Å². The largest absolute Gasteiger partial charge is 0.335 e. The average Bonchev–Trinajstić information content (AvgIpc) is 2.61. The first kappa shape index (κ1) is 11.2. The first-order chi connectivity index (χ1) is 6.88. The van der Waals surface area contributed by atoms with Gasteiger partial charge in [0.2, 0.25) is 0 Å². The van der Waals surface area contributed by atoms with Crippen molar-refractivity contribution in [3.8, 4) is 0 Å². The average molecular weight is 195 g/mol. The molecule has 0 aliphatic carbocycles. The highest BCUT2D eigenvalue weighted by Crippen LogP contribution is 2.05. The summed E-state index contributed by atoms with van der Waals surface area (Å²) in [6, 6.07) is 0. The quantitative estimate of drug-likeness (QED) is 0.673. The van der Waals surface area contributed by atoms with Crippen molar-refractivity contribution < 1.29 is 0 Å². The highest BCUT2D eigenvalue weighted by atomic mass is 15.0. The Morgan fingerprint density at radius 1 is 1.43 bits per heavy atom. The molecule has 1 rings (SSSR count). The fourth-order valence-electron chi connectivity index (χ4n) is 1.61. The predicted octanol–water partition coefficient (Wildman–Crippen LogP) is 1.84. The summed E-state index contributed by atoms with van der Waals surface area (Å²) in [5, 5.41) is 3.17. The van der Waals surface area contributed by atoms with Gasteiger partial charge in [0.1, 0.15) is 0 Å². The molecule has 1 heterocycles. The van der Waals surface area contributed by atoms with Crippen LogP contribution in [0.1, 0.15) is 31.9 Å². The van der Waals surface area contributed by atoms with Crippen molar-refractivity contribution in [1.29, 1.82) is 0 Å². The van der Waals surface area contributed by atoms with Gasteiger partial charge >= 0.3 is 0 Å². The van der Waals surface area contributed by atoms with Crippen LogP contribution in [0.15, 0.2) is 12.5 Å². The number of hydrogen-bond donors (Lipinski definition) is 1. The number of nitrogens with one attached hydrogen (secondary N) is 1. The second-order valence-corrected chi connectivity index (χ2v) is 3.64.